The minimum Gasteiger partial charge on any atom is -0.478 e. The number of methoxy groups -OCH3 is 1. The lowest BCUT2D eigenvalue weighted by Gasteiger charge is -2.05. The lowest BCUT2D eigenvalue weighted by Crippen LogP contribution is -2.08. The molecule has 5 nitrogen and oxygen atoms in total. The molecule has 0 saturated carbocycles. The van der Waals surface area contributed by atoms with Gasteiger partial charge in [-0.05, 0) is 12.1 Å². The third-order valence-corrected chi connectivity index (χ3v) is 1.68. The van der Waals surface area contributed by atoms with Crippen molar-refractivity contribution in [2.75, 3.05) is 7.11 Å². The fourth-order valence-electron chi connectivity index (χ4n) is 1.00. The van der Waals surface area contributed by atoms with Gasteiger partial charge >= 0.3 is 12.1 Å². The second kappa shape index (κ2) is 5.55. The molecule has 0 aromatic heterocycles. The Morgan fingerprint density at radius 1 is 1.31 bits per heavy atom. The van der Waals surface area contributed by atoms with E-state index < -0.39 is 12.1 Å². The molecular weight excluding hydrogens is 212 g/mol. The van der Waals surface area contributed by atoms with Crippen LogP contribution in [0.15, 0.2) is 30.3 Å². The van der Waals surface area contributed by atoms with E-state index in [1.54, 1.807) is 24.3 Å². The van der Waals surface area contributed by atoms with E-state index in [-0.39, 0.29) is 5.75 Å². The van der Waals surface area contributed by atoms with Gasteiger partial charge in [0.05, 0.1) is 7.11 Å². The molecule has 5 heteroatoms. The Morgan fingerprint density at radius 2 is 2.00 bits per heavy atom. The molecule has 0 aliphatic carbocycles. The van der Waals surface area contributed by atoms with E-state index in [1.807, 2.05) is 0 Å². The molecule has 0 radical (unpaired) electrons. The predicted molar refractivity (Wildman–Crippen MR) is 56.1 cm³/mol. The maximum absolute atomic E-state index is 10.9. The van der Waals surface area contributed by atoms with Gasteiger partial charge in [-0.3, -0.25) is 0 Å². The Labute approximate surface area is 91.9 Å². The van der Waals surface area contributed by atoms with E-state index in [0.29, 0.717) is 5.56 Å². The summed E-state index contributed by atoms with van der Waals surface area (Å²) in [5.74, 6) is -0.834. The Morgan fingerprint density at radius 3 is 2.62 bits per heavy atom. The maximum Gasteiger partial charge on any atom is 0.513 e. The normalized spacial score (nSPS) is 10.1. The van der Waals surface area contributed by atoms with Crippen molar-refractivity contribution in [3.8, 4) is 5.75 Å². The minimum atomic E-state index is -1.08. The van der Waals surface area contributed by atoms with E-state index >= 15 is 0 Å². The highest BCUT2D eigenvalue weighted by Gasteiger charge is 2.06. The highest BCUT2D eigenvalue weighted by molar-refractivity contribution is 5.86. The van der Waals surface area contributed by atoms with Gasteiger partial charge in [-0.15, -0.1) is 0 Å². The van der Waals surface area contributed by atoms with Gasteiger partial charge in [-0.25, -0.2) is 9.59 Å². The molecule has 1 rings (SSSR count). The van der Waals surface area contributed by atoms with Crippen molar-refractivity contribution in [2.45, 2.75) is 0 Å². The summed E-state index contributed by atoms with van der Waals surface area (Å²) in [6.07, 6.45) is 1.44. The monoisotopic (exact) mass is 222 g/mol. The van der Waals surface area contributed by atoms with E-state index in [9.17, 15) is 9.59 Å². The Balaban J connectivity index is 2.91. The topological polar surface area (TPSA) is 72.8 Å². The molecule has 1 aromatic carbocycles. The van der Waals surface area contributed by atoms with Crippen LogP contribution in [0.1, 0.15) is 5.56 Å². The molecule has 84 valence electrons. The molecule has 0 aliphatic heterocycles. The molecule has 0 atom stereocenters. The molecule has 0 amide bonds. The number of hydrogen-bond acceptors (Lipinski definition) is 4. The molecule has 0 spiro atoms. The third kappa shape index (κ3) is 3.45. The average Bonchev–Trinajstić information content (AvgIpc) is 2.27. The summed E-state index contributed by atoms with van der Waals surface area (Å²) in [4.78, 5) is 21.2. The number of carboxylic acid groups (broad SMARTS) is 1. The molecule has 1 N–H and O–H groups in total. The summed E-state index contributed by atoms with van der Waals surface area (Å²) in [6, 6.07) is 6.53. The van der Waals surface area contributed by atoms with Gasteiger partial charge in [0.2, 0.25) is 0 Å². The van der Waals surface area contributed by atoms with Crippen molar-refractivity contribution in [1.29, 1.82) is 0 Å². The fraction of sp³-hybridized carbons (Fsp3) is 0.0909. The number of carboxylic acids is 1. The number of hydrogen-bond donors (Lipinski definition) is 1. The molecule has 0 fully saturated rings. The quantitative estimate of drug-likeness (QED) is 0.480. The Hall–Kier alpha value is -2.30. The van der Waals surface area contributed by atoms with Gasteiger partial charge in [0.25, 0.3) is 0 Å². The van der Waals surface area contributed by atoms with Crippen LogP contribution in [0, 0.1) is 0 Å². The van der Waals surface area contributed by atoms with Crippen molar-refractivity contribution in [3.63, 3.8) is 0 Å². The summed E-state index contributed by atoms with van der Waals surface area (Å²) in [7, 11) is 1.19. The molecule has 0 heterocycles. The van der Waals surface area contributed by atoms with E-state index in [0.717, 1.165) is 6.08 Å². The molecule has 0 bridgehead atoms. The second-order valence-corrected chi connectivity index (χ2v) is 2.77. The summed E-state index contributed by atoms with van der Waals surface area (Å²) >= 11 is 0. The number of rotatable bonds is 3. The van der Waals surface area contributed by atoms with Crippen LogP contribution in [-0.4, -0.2) is 24.3 Å². The molecule has 0 aliphatic rings. The SMILES string of the molecule is COC(=O)Oc1ccccc1/C=C/C(=O)O. The van der Waals surface area contributed by atoms with Gasteiger partial charge < -0.3 is 14.6 Å². The van der Waals surface area contributed by atoms with Crippen LogP contribution in [0.4, 0.5) is 4.79 Å². The average molecular weight is 222 g/mol. The highest BCUT2D eigenvalue weighted by atomic mass is 16.7. The van der Waals surface area contributed by atoms with E-state index in [1.165, 1.54) is 13.2 Å². The minimum absolute atomic E-state index is 0.242. The number of benzene rings is 1. The molecule has 16 heavy (non-hydrogen) atoms. The van der Waals surface area contributed by atoms with Gasteiger partial charge in [0.1, 0.15) is 5.75 Å². The zero-order valence-electron chi connectivity index (χ0n) is 8.54. The molecular formula is C11H10O5. The first-order chi connectivity index (χ1) is 7.63. The molecule has 1 aromatic rings. The summed E-state index contributed by atoms with van der Waals surface area (Å²) in [5, 5.41) is 8.47. The van der Waals surface area contributed by atoms with Crippen LogP contribution in [0.5, 0.6) is 5.75 Å². The number of para-hydroxylation sites is 1. The van der Waals surface area contributed by atoms with Crippen molar-refractivity contribution < 1.29 is 24.2 Å². The lowest BCUT2D eigenvalue weighted by atomic mass is 10.2. The van der Waals surface area contributed by atoms with Crippen LogP contribution >= 0.6 is 0 Å². The Kier molecular flexibility index (Phi) is 4.08. The van der Waals surface area contributed by atoms with Crippen LogP contribution in [0.2, 0.25) is 0 Å². The van der Waals surface area contributed by atoms with E-state index in [2.05, 4.69) is 4.74 Å². The van der Waals surface area contributed by atoms with Crippen molar-refractivity contribution in [2.24, 2.45) is 0 Å². The van der Waals surface area contributed by atoms with Crippen LogP contribution < -0.4 is 4.74 Å². The number of aliphatic carboxylic acids is 1. The first-order valence-electron chi connectivity index (χ1n) is 4.39. The molecule has 0 saturated heterocycles. The lowest BCUT2D eigenvalue weighted by molar-refractivity contribution is -0.131. The Bertz CT molecular complexity index is 422. The zero-order chi connectivity index (χ0) is 12.0. The fourth-order valence-corrected chi connectivity index (χ4v) is 1.00. The van der Waals surface area contributed by atoms with Gasteiger partial charge in [0, 0.05) is 11.6 Å². The summed E-state index contributed by atoms with van der Waals surface area (Å²) < 4.78 is 9.15. The van der Waals surface area contributed by atoms with Crippen LogP contribution in [-0.2, 0) is 9.53 Å². The van der Waals surface area contributed by atoms with Crippen molar-refractivity contribution in [3.05, 3.63) is 35.9 Å². The number of ether oxygens (including phenoxy) is 2. The standard InChI is InChI=1S/C11H10O5/c1-15-11(14)16-9-5-3-2-4-8(9)6-7-10(12)13/h2-7H,1H3,(H,12,13)/b7-6+. The molecule has 0 unspecified atom stereocenters. The van der Waals surface area contributed by atoms with Crippen molar-refractivity contribution >= 4 is 18.2 Å². The highest BCUT2D eigenvalue weighted by Crippen LogP contribution is 2.19. The first-order valence-corrected chi connectivity index (χ1v) is 4.39. The predicted octanol–water partition coefficient (Wildman–Crippen LogP) is 1.93. The number of carbonyl (C=O) groups is 2. The largest absolute Gasteiger partial charge is 0.513 e. The van der Waals surface area contributed by atoms with Crippen molar-refractivity contribution in [1.82, 2.24) is 0 Å². The number of carbonyl (C=O) groups excluding carboxylic acids is 1. The third-order valence-electron chi connectivity index (χ3n) is 1.68. The maximum atomic E-state index is 10.9. The van der Waals surface area contributed by atoms with Gasteiger partial charge in [-0.1, -0.05) is 18.2 Å². The van der Waals surface area contributed by atoms with Crippen LogP contribution in [0.25, 0.3) is 6.08 Å². The summed E-state index contributed by atoms with van der Waals surface area (Å²) in [6.45, 7) is 0. The van der Waals surface area contributed by atoms with Gasteiger partial charge in [0.15, 0.2) is 0 Å². The summed E-state index contributed by atoms with van der Waals surface area (Å²) in [5.41, 5.74) is 0.482. The second-order valence-electron chi connectivity index (χ2n) is 2.77. The first kappa shape index (κ1) is 11.8. The van der Waals surface area contributed by atoms with Crippen LogP contribution in [0.3, 0.4) is 0 Å². The zero-order valence-corrected chi connectivity index (χ0v) is 8.54. The smallest absolute Gasteiger partial charge is 0.478 e. The van der Waals surface area contributed by atoms with E-state index in [4.69, 9.17) is 9.84 Å². The van der Waals surface area contributed by atoms with Gasteiger partial charge in [-0.2, -0.15) is 0 Å².